The minimum absolute atomic E-state index is 0.540. The van der Waals surface area contributed by atoms with E-state index in [0.29, 0.717) is 11.6 Å². The Morgan fingerprint density at radius 1 is 1.15 bits per heavy atom. The number of aromatic nitrogens is 4. The number of nitrogens with zero attached hydrogens (tertiary/aromatic N) is 4. The lowest BCUT2D eigenvalue weighted by Crippen LogP contribution is -2.04. The Kier molecular flexibility index (Phi) is 3.23. The highest BCUT2D eigenvalue weighted by atomic mass is 79.9. The van der Waals surface area contributed by atoms with Crippen molar-refractivity contribution in [1.82, 2.24) is 19.7 Å². The Hall–Kier alpha value is -2.21. The van der Waals surface area contributed by atoms with E-state index in [1.54, 1.807) is 4.68 Å². The average molecular weight is 330 g/mol. The molecule has 0 saturated heterocycles. The third kappa shape index (κ3) is 2.42. The topological polar surface area (TPSA) is 69.6 Å². The maximum absolute atomic E-state index is 6.03. The number of rotatable bonds is 2. The van der Waals surface area contributed by atoms with Crippen LogP contribution in [0.25, 0.3) is 17.1 Å². The average Bonchev–Trinajstić information content (AvgIpc) is 2.81. The molecule has 2 aromatic heterocycles. The van der Waals surface area contributed by atoms with Crippen LogP contribution in [-0.4, -0.2) is 19.7 Å². The summed E-state index contributed by atoms with van der Waals surface area (Å²) < 4.78 is 2.62. The molecule has 0 unspecified atom stereocenters. The summed E-state index contributed by atoms with van der Waals surface area (Å²) in [5, 5.41) is 4.51. The van der Waals surface area contributed by atoms with Gasteiger partial charge in [-0.3, -0.25) is 0 Å². The number of benzene rings is 1. The third-order valence-corrected chi connectivity index (χ3v) is 3.36. The second-order valence-corrected chi connectivity index (χ2v) is 5.31. The summed E-state index contributed by atoms with van der Waals surface area (Å²) in [6, 6.07) is 11.6. The first-order chi connectivity index (χ1) is 9.63. The summed E-state index contributed by atoms with van der Waals surface area (Å²) in [6.45, 7) is 1.90. The van der Waals surface area contributed by atoms with E-state index >= 15 is 0 Å². The summed E-state index contributed by atoms with van der Waals surface area (Å²) in [4.78, 5) is 8.27. The SMILES string of the molecule is Cc1cc(-n2nc(-c3cccc(Br)c3)cc2N)ncn1. The van der Waals surface area contributed by atoms with Gasteiger partial charge in [0.15, 0.2) is 5.82 Å². The summed E-state index contributed by atoms with van der Waals surface area (Å²) in [7, 11) is 0. The normalized spacial score (nSPS) is 10.7. The van der Waals surface area contributed by atoms with Gasteiger partial charge in [0.1, 0.15) is 12.1 Å². The van der Waals surface area contributed by atoms with Crippen LogP contribution in [0.1, 0.15) is 5.69 Å². The van der Waals surface area contributed by atoms with Crippen molar-refractivity contribution in [1.29, 1.82) is 0 Å². The molecule has 3 rings (SSSR count). The fraction of sp³-hybridized carbons (Fsp3) is 0.0714. The molecule has 0 aliphatic heterocycles. The minimum atomic E-state index is 0.540. The standard InChI is InChI=1S/C14H12BrN5/c1-9-5-14(18-8-17-9)20-13(16)7-12(19-20)10-3-2-4-11(15)6-10/h2-8H,16H2,1H3. The zero-order chi connectivity index (χ0) is 14.1. The summed E-state index contributed by atoms with van der Waals surface area (Å²) in [5.41, 5.74) is 8.70. The lowest BCUT2D eigenvalue weighted by molar-refractivity contribution is 0.847. The molecular weight excluding hydrogens is 318 g/mol. The lowest BCUT2D eigenvalue weighted by Gasteiger charge is -2.02. The first-order valence-corrected chi connectivity index (χ1v) is 6.83. The molecule has 0 radical (unpaired) electrons. The number of anilines is 1. The largest absolute Gasteiger partial charge is 0.384 e. The van der Waals surface area contributed by atoms with Crippen LogP contribution < -0.4 is 5.73 Å². The number of nitrogens with two attached hydrogens (primary N) is 1. The van der Waals surface area contributed by atoms with E-state index in [-0.39, 0.29) is 0 Å². The lowest BCUT2D eigenvalue weighted by atomic mass is 10.2. The van der Waals surface area contributed by atoms with Gasteiger partial charge in [0.05, 0.1) is 5.69 Å². The van der Waals surface area contributed by atoms with Crippen molar-refractivity contribution in [3.63, 3.8) is 0 Å². The Morgan fingerprint density at radius 3 is 2.75 bits per heavy atom. The van der Waals surface area contributed by atoms with Gasteiger partial charge in [-0.05, 0) is 19.1 Å². The molecule has 100 valence electrons. The smallest absolute Gasteiger partial charge is 0.159 e. The van der Waals surface area contributed by atoms with E-state index < -0.39 is 0 Å². The van der Waals surface area contributed by atoms with E-state index in [0.717, 1.165) is 21.4 Å². The van der Waals surface area contributed by atoms with Crippen molar-refractivity contribution in [2.75, 3.05) is 5.73 Å². The van der Waals surface area contributed by atoms with Crippen LogP contribution in [0, 0.1) is 6.92 Å². The summed E-state index contributed by atoms with van der Waals surface area (Å²) in [6.07, 6.45) is 1.50. The third-order valence-electron chi connectivity index (χ3n) is 2.86. The highest BCUT2D eigenvalue weighted by Gasteiger charge is 2.10. The summed E-state index contributed by atoms with van der Waals surface area (Å²) >= 11 is 3.45. The maximum Gasteiger partial charge on any atom is 0.159 e. The van der Waals surface area contributed by atoms with Crippen LogP contribution in [0.5, 0.6) is 0 Å². The molecule has 0 spiro atoms. The number of nitrogen functional groups attached to an aromatic ring is 1. The second-order valence-electron chi connectivity index (χ2n) is 4.39. The fourth-order valence-electron chi connectivity index (χ4n) is 1.92. The van der Waals surface area contributed by atoms with Gasteiger partial charge in [-0.15, -0.1) is 0 Å². The maximum atomic E-state index is 6.03. The molecule has 5 nitrogen and oxygen atoms in total. The van der Waals surface area contributed by atoms with Gasteiger partial charge in [-0.1, -0.05) is 28.1 Å². The van der Waals surface area contributed by atoms with Gasteiger partial charge in [0.2, 0.25) is 0 Å². The van der Waals surface area contributed by atoms with Crippen molar-refractivity contribution in [3.05, 3.63) is 52.9 Å². The number of hydrogen-bond donors (Lipinski definition) is 1. The van der Waals surface area contributed by atoms with Crippen molar-refractivity contribution in [2.24, 2.45) is 0 Å². The van der Waals surface area contributed by atoms with Crippen LogP contribution in [0.3, 0.4) is 0 Å². The molecule has 0 amide bonds. The molecule has 0 saturated carbocycles. The van der Waals surface area contributed by atoms with Gasteiger partial charge in [0.25, 0.3) is 0 Å². The molecule has 1 aromatic carbocycles. The van der Waals surface area contributed by atoms with Crippen molar-refractivity contribution < 1.29 is 0 Å². The van der Waals surface area contributed by atoms with Crippen molar-refractivity contribution >= 4 is 21.7 Å². The molecule has 0 aliphatic rings. The first kappa shape index (κ1) is 12.8. The Bertz CT molecular complexity index is 766. The monoisotopic (exact) mass is 329 g/mol. The molecular formula is C14H12BrN5. The van der Waals surface area contributed by atoms with Crippen LogP contribution in [-0.2, 0) is 0 Å². The predicted octanol–water partition coefficient (Wildman–Crippen LogP) is 2.98. The quantitative estimate of drug-likeness (QED) is 0.784. The van der Waals surface area contributed by atoms with Crippen LogP contribution >= 0.6 is 15.9 Å². The van der Waals surface area contributed by atoms with E-state index in [9.17, 15) is 0 Å². The fourth-order valence-corrected chi connectivity index (χ4v) is 2.32. The molecule has 0 bridgehead atoms. The Labute approximate surface area is 124 Å². The molecule has 0 aliphatic carbocycles. The van der Waals surface area contributed by atoms with Gasteiger partial charge in [0, 0.05) is 27.9 Å². The molecule has 3 aromatic rings. The molecule has 20 heavy (non-hydrogen) atoms. The van der Waals surface area contributed by atoms with Crippen LogP contribution in [0.2, 0.25) is 0 Å². The minimum Gasteiger partial charge on any atom is -0.384 e. The molecule has 0 atom stereocenters. The Morgan fingerprint density at radius 2 is 2.00 bits per heavy atom. The van der Waals surface area contributed by atoms with E-state index in [2.05, 4.69) is 31.0 Å². The van der Waals surface area contributed by atoms with Gasteiger partial charge in [-0.2, -0.15) is 9.78 Å². The zero-order valence-corrected chi connectivity index (χ0v) is 12.4. The first-order valence-electron chi connectivity index (χ1n) is 6.04. The number of halogens is 1. The Balaban J connectivity index is 2.08. The van der Waals surface area contributed by atoms with Crippen molar-refractivity contribution in [2.45, 2.75) is 6.92 Å². The van der Waals surface area contributed by atoms with E-state index in [1.807, 2.05) is 43.3 Å². The van der Waals surface area contributed by atoms with Crippen LogP contribution in [0.4, 0.5) is 5.82 Å². The van der Waals surface area contributed by atoms with Gasteiger partial charge >= 0.3 is 0 Å². The second kappa shape index (κ2) is 5.05. The highest BCUT2D eigenvalue weighted by molar-refractivity contribution is 9.10. The van der Waals surface area contributed by atoms with E-state index in [4.69, 9.17) is 5.73 Å². The number of aryl methyl sites for hydroxylation is 1. The number of hydrogen-bond acceptors (Lipinski definition) is 4. The van der Waals surface area contributed by atoms with Gasteiger partial charge < -0.3 is 5.73 Å². The molecule has 0 fully saturated rings. The zero-order valence-electron chi connectivity index (χ0n) is 10.8. The summed E-state index contributed by atoms with van der Waals surface area (Å²) in [5.74, 6) is 1.20. The van der Waals surface area contributed by atoms with Gasteiger partial charge in [-0.25, -0.2) is 9.97 Å². The molecule has 6 heteroatoms. The van der Waals surface area contributed by atoms with E-state index in [1.165, 1.54) is 6.33 Å². The highest BCUT2D eigenvalue weighted by Crippen LogP contribution is 2.24. The molecule has 2 N–H and O–H groups in total. The van der Waals surface area contributed by atoms with Crippen molar-refractivity contribution in [3.8, 4) is 17.1 Å². The van der Waals surface area contributed by atoms with Crippen LogP contribution in [0.15, 0.2) is 47.2 Å². The predicted molar refractivity (Wildman–Crippen MR) is 81.4 cm³/mol. The molecule has 2 heterocycles.